The molecule has 6 nitrogen and oxygen atoms in total. The summed E-state index contributed by atoms with van der Waals surface area (Å²) < 4.78 is 74.2. The molecule has 1 aromatic carbocycles. The van der Waals surface area contributed by atoms with Crippen LogP contribution in [0.15, 0.2) is 30.0 Å². The summed E-state index contributed by atoms with van der Waals surface area (Å²) in [5, 5.41) is 9.92. The molecule has 1 atom stereocenters. The molecule has 0 aromatic heterocycles. The van der Waals surface area contributed by atoms with Gasteiger partial charge in [-0.15, -0.1) is 0 Å². The monoisotopic (exact) mass is 444 g/mol. The summed E-state index contributed by atoms with van der Waals surface area (Å²) in [6, 6.07) is 7.21. The van der Waals surface area contributed by atoms with E-state index < -0.39 is 20.9 Å². The van der Waals surface area contributed by atoms with Crippen LogP contribution in [0, 0.1) is 11.3 Å². The third kappa shape index (κ3) is 4.51. The Morgan fingerprint density at radius 3 is 2.53 bits per heavy atom. The molecule has 164 valence electrons. The number of nitriles is 1. The fraction of sp³-hybridized carbons (Fsp3) is 0.550. The first-order valence-corrected chi connectivity index (χ1v) is 11.1. The van der Waals surface area contributed by atoms with E-state index in [9.17, 15) is 26.9 Å². The molecule has 0 bridgehead atoms. The number of nitrogens with zero attached hydrogens (tertiary/aromatic N) is 1. The molecule has 0 spiro atoms. The minimum Gasteiger partial charge on any atom is -0.493 e. The summed E-state index contributed by atoms with van der Waals surface area (Å²) in [5.41, 5.74) is -6.20. The number of benzene rings is 1. The second-order valence-electron chi connectivity index (χ2n) is 7.58. The zero-order valence-corrected chi connectivity index (χ0v) is 17.3. The van der Waals surface area contributed by atoms with E-state index in [0.29, 0.717) is 23.5 Å². The van der Waals surface area contributed by atoms with Crippen molar-refractivity contribution in [3.8, 4) is 17.6 Å². The predicted octanol–water partition coefficient (Wildman–Crippen LogP) is 4.28. The van der Waals surface area contributed by atoms with Gasteiger partial charge in [-0.25, -0.2) is 0 Å². The molecule has 3 rings (SSSR count). The Hall–Kier alpha value is -2.41. The van der Waals surface area contributed by atoms with Crippen molar-refractivity contribution in [3.63, 3.8) is 0 Å². The zero-order chi connectivity index (χ0) is 22.0. The highest BCUT2D eigenvalue weighted by Gasteiger charge is 2.47. The molecule has 30 heavy (non-hydrogen) atoms. The third-order valence-electron chi connectivity index (χ3n) is 5.55. The Morgan fingerprint density at radius 1 is 1.23 bits per heavy atom. The van der Waals surface area contributed by atoms with Crippen LogP contribution in [0.1, 0.15) is 50.5 Å². The third-order valence-corrected chi connectivity index (χ3v) is 6.69. The van der Waals surface area contributed by atoms with Gasteiger partial charge in [-0.1, -0.05) is 12.1 Å². The van der Waals surface area contributed by atoms with Crippen LogP contribution in [0.2, 0.25) is 0 Å². The first-order chi connectivity index (χ1) is 14.1. The molecule has 0 aliphatic heterocycles. The van der Waals surface area contributed by atoms with E-state index in [1.165, 1.54) is 13.2 Å². The zero-order valence-electron chi connectivity index (χ0n) is 16.5. The summed E-state index contributed by atoms with van der Waals surface area (Å²) >= 11 is 0. The highest BCUT2D eigenvalue weighted by atomic mass is 32.2. The first-order valence-electron chi connectivity index (χ1n) is 9.65. The van der Waals surface area contributed by atoms with E-state index in [1.54, 1.807) is 22.9 Å². The van der Waals surface area contributed by atoms with Crippen LogP contribution >= 0.6 is 0 Å². The van der Waals surface area contributed by atoms with Gasteiger partial charge in [-0.3, -0.25) is 4.72 Å². The van der Waals surface area contributed by atoms with E-state index in [2.05, 4.69) is 6.07 Å². The lowest BCUT2D eigenvalue weighted by molar-refractivity contribution is -0.0445. The Kier molecular flexibility index (Phi) is 6.22. The first kappa shape index (κ1) is 22.3. The average Bonchev–Trinajstić information content (AvgIpc) is 3.20. The maximum Gasteiger partial charge on any atom is 0.516 e. The Labute approximate surface area is 173 Å². The van der Waals surface area contributed by atoms with Crippen molar-refractivity contribution < 1.29 is 31.1 Å². The molecule has 0 heterocycles. The van der Waals surface area contributed by atoms with Gasteiger partial charge in [0, 0.05) is 12.1 Å². The molecule has 10 heteroatoms. The average molecular weight is 444 g/mol. The number of nitrogens with one attached hydrogen (secondary N) is 1. The minimum absolute atomic E-state index is 0.0487. The summed E-state index contributed by atoms with van der Waals surface area (Å²) in [6.07, 6.45) is 5.83. The maximum absolute atomic E-state index is 12.7. The van der Waals surface area contributed by atoms with Gasteiger partial charge >= 0.3 is 15.5 Å². The van der Waals surface area contributed by atoms with Gasteiger partial charge in [-0.2, -0.15) is 26.9 Å². The van der Waals surface area contributed by atoms with Crippen LogP contribution in [0.4, 0.5) is 13.2 Å². The van der Waals surface area contributed by atoms with Gasteiger partial charge in [-0.05, 0) is 56.2 Å². The van der Waals surface area contributed by atoms with E-state index in [1.807, 2.05) is 0 Å². The summed E-state index contributed by atoms with van der Waals surface area (Å²) in [5.74, 6) is 0.978. The SMILES string of the molecule is COc1ccc(C2(C#N)CCC=C(NS(=O)(=O)C(F)(F)F)C2)cc1OC1CCCC1. The fourth-order valence-corrected chi connectivity index (χ4v) is 4.56. The molecule has 1 fully saturated rings. The van der Waals surface area contributed by atoms with Gasteiger partial charge in [0.15, 0.2) is 11.5 Å². The number of rotatable bonds is 6. The number of alkyl halides is 3. The van der Waals surface area contributed by atoms with Crippen LogP contribution in [-0.4, -0.2) is 27.1 Å². The summed E-state index contributed by atoms with van der Waals surface area (Å²) in [7, 11) is -4.04. The standard InChI is InChI=1S/C20H23F3N2O4S/c1-28-17-9-8-14(11-18(17)29-16-6-2-3-7-16)19(13-24)10-4-5-15(12-19)25-30(26,27)20(21,22)23/h5,8-9,11,16,25H,2-4,6-7,10,12H2,1H3. The van der Waals surface area contributed by atoms with Crippen LogP contribution in [-0.2, 0) is 15.4 Å². The summed E-state index contributed by atoms with van der Waals surface area (Å²) in [4.78, 5) is 0. The fourth-order valence-electron chi connectivity index (χ4n) is 3.95. The van der Waals surface area contributed by atoms with Crippen LogP contribution in [0.3, 0.4) is 0 Å². The number of hydrogen-bond donors (Lipinski definition) is 1. The van der Waals surface area contributed by atoms with Crippen molar-refractivity contribution >= 4 is 10.0 Å². The molecule has 0 amide bonds. The normalized spacial score (nSPS) is 22.8. The number of halogens is 3. The largest absolute Gasteiger partial charge is 0.516 e. The maximum atomic E-state index is 12.7. The molecule has 2 aliphatic rings. The van der Waals surface area contributed by atoms with Crippen LogP contribution in [0.5, 0.6) is 11.5 Å². The van der Waals surface area contributed by atoms with Gasteiger partial charge in [0.2, 0.25) is 0 Å². The molecule has 0 radical (unpaired) electrons. The summed E-state index contributed by atoms with van der Waals surface area (Å²) in [6.45, 7) is 0. The molecule has 1 aromatic rings. The van der Waals surface area contributed by atoms with E-state index in [-0.39, 0.29) is 24.6 Å². The lowest BCUT2D eigenvalue weighted by Crippen LogP contribution is -2.39. The van der Waals surface area contributed by atoms with Gasteiger partial charge < -0.3 is 9.47 Å². The van der Waals surface area contributed by atoms with E-state index in [0.717, 1.165) is 25.7 Å². The van der Waals surface area contributed by atoms with E-state index >= 15 is 0 Å². The van der Waals surface area contributed by atoms with Gasteiger partial charge in [0.05, 0.1) is 24.7 Å². The molecular formula is C20H23F3N2O4S. The molecule has 1 unspecified atom stereocenters. The lowest BCUT2D eigenvalue weighted by atomic mass is 9.72. The van der Waals surface area contributed by atoms with Crippen molar-refractivity contribution in [2.75, 3.05) is 7.11 Å². The molecule has 0 saturated heterocycles. The Bertz CT molecular complexity index is 963. The van der Waals surface area contributed by atoms with Crippen LogP contribution < -0.4 is 14.2 Å². The number of ether oxygens (including phenoxy) is 2. The van der Waals surface area contributed by atoms with E-state index in [4.69, 9.17) is 9.47 Å². The Morgan fingerprint density at radius 2 is 1.93 bits per heavy atom. The molecular weight excluding hydrogens is 421 g/mol. The van der Waals surface area contributed by atoms with Crippen molar-refractivity contribution in [1.29, 1.82) is 5.26 Å². The van der Waals surface area contributed by atoms with Crippen molar-refractivity contribution in [2.45, 2.75) is 62.0 Å². The van der Waals surface area contributed by atoms with Crippen molar-refractivity contribution in [1.82, 2.24) is 4.72 Å². The lowest BCUT2D eigenvalue weighted by Gasteiger charge is -2.32. The Balaban J connectivity index is 1.89. The second kappa shape index (κ2) is 8.38. The molecule has 2 aliphatic carbocycles. The minimum atomic E-state index is -5.54. The number of sulfonamides is 1. The number of hydrogen-bond acceptors (Lipinski definition) is 5. The molecule has 1 N–H and O–H groups in total. The molecule has 1 saturated carbocycles. The highest BCUT2D eigenvalue weighted by molar-refractivity contribution is 7.90. The predicted molar refractivity (Wildman–Crippen MR) is 103 cm³/mol. The quantitative estimate of drug-likeness (QED) is 0.707. The smallest absolute Gasteiger partial charge is 0.493 e. The number of allylic oxidation sites excluding steroid dienone is 2. The number of methoxy groups -OCH3 is 1. The van der Waals surface area contributed by atoms with Crippen molar-refractivity contribution in [2.24, 2.45) is 0 Å². The van der Waals surface area contributed by atoms with Gasteiger partial charge in [0.1, 0.15) is 0 Å². The van der Waals surface area contributed by atoms with Crippen molar-refractivity contribution in [3.05, 3.63) is 35.5 Å². The van der Waals surface area contributed by atoms with Gasteiger partial charge in [0.25, 0.3) is 0 Å². The van der Waals surface area contributed by atoms with Crippen LogP contribution in [0.25, 0.3) is 0 Å². The topological polar surface area (TPSA) is 88.4 Å². The second-order valence-corrected chi connectivity index (χ2v) is 9.25. The highest BCUT2D eigenvalue weighted by Crippen LogP contribution is 2.42.